The van der Waals surface area contributed by atoms with Crippen molar-refractivity contribution in [2.75, 3.05) is 20.2 Å². The van der Waals surface area contributed by atoms with E-state index in [1.165, 1.54) is 12.7 Å². The number of rotatable bonds is 4. The summed E-state index contributed by atoms with van der Waals surface area (Å²) in [7, 11) is 1.44. The first-order valence-electron chi connectivity index (χ1n) is 5.34. The van der Waals surface area contributed by atoms with Gasteiger partial charge in [0.15, 0.2) is 0 Å². The maximum absolute atomic E-state index is 11.3. The molecule has 1 saturated heterocycles. The Labute approximate surface area is 123 Å². The summed E-state index contributed by atoms with van der Waals surface area (Å²) in [5.41, 5.74) is 1.27. The second kappa shape index (κ2) is 5.67. The van der Waals surface area contributed by atoms with Gasteiger partial charge in [0.25, 0.3) is 0 Å². The topological polar surface area (TPSA) is 29.3 Å². The van der Waals surface area contributed by atoms with Gasteiger partial charge in [-0.2, -0.15) is 0 Å². The first kappa shape index (κ1) is 13.3. The molecule has 0 bridgehead atoms. The van der Waals surface area contributed by atoms with Crippen LogP contribution < -0.4 is 0 Å². The third kappa shape index (κ3) is 3.20. The van der Waals surface area contributed by atoms with Crippen molar-refractivity contribution in [3.8, 4) is 0 Å². The summed E-state index contributed by atoms with van der Waals surface area (Å²) in [6.45, 7) is 1.69. The molecule has 0 aromatic heterocycles. The highest BCUT2D eigenvalue weighted by Gasteiger charge is 2.42. The maximum Gasteiger partial charge on any atom is 0.324 e. The van der Waals surface area contributed by atoms with Gasteiger partial charge in [0.2, 0.25) is 0 Å². The molecule has 0 radical (unpaired) electrons. The van der Waals surface area contributed by atoms with E-state index in [0.717, 1.165) is 17.6 Å². The van der Waals surface area contributed by atoms with Gasteiger partial charge in [0.05, 0.1) is 7.11 Å². The molecular formula is C12H13BrINO2. The molecule has 3 atom stereocenters. The lowest BCUT2D eigenvalue weighted by atomic mass is 10.1. The van der Waals surface area contributed by atoms with Crippen LogP contribution in [0.1, 0.15) is 9.49 Å². The van der Waals surface area contributed by atoms with Crippen LogP contribution in [-0.4, -0.2) is 37.1 Å². The number of hydrogen-bond donors (Lipinski definition) is 0. The molecule has 1 fully saturated rings. The Hall–Kier alpha value is -0.140. The predicted molar refractivity (Wildman–Crippen MR) is 78.3 cm³/mol. The van der Waals surface area contributed by atoms with Crippen LogP contribution >= 0.6 is 38.5 Å². The van der Waals surface area contributed by atoms with Crippen LogP contribution in [0.4, 0.5) is 0 Å². The van der Waals surface area contributed by atoms with E-state index in [4.69, 9.17) is 4.74 Å². The Balaban J connectivity index is 1.93. The molecule has 0 saturated carbocycles. The summed E-state index contributed by atoms with van der Waals surface area (Å²) in [4.78, 5) is 13.4. The van der Waals surface area contributed by atoms with Crippen LogP contribution in [0.15, 0.2) is 28.7 Å². The number of hydrogen-bond acceptors (Lipinski definition) is 3. The number of carbonyl (C=O) groups excluding carboxylic acids is 1. The van der Waals surface area contributed by atoms with Crippen molar-refractivity contribution in [3.05, 3.63) is 34.3 Å². The van der Waals surface area contributed by atoms with E-state index < -0.39 is 0 Å². The summed E-state index contributed by atoms with van der Waals surface area (Å²) >= 11 is 5.96. The van der Waals surface area contributed by atoms with Gasteiger partial charge in [-0.15, -0.1) is 0 Å². The average molecular weight is 410 g/mol. The molecule has 1 aliphatic heterocycles. The highest BCUT2D eigenvalue weighted by Crippen LogP contribution is 2.33. The van der Waals surface area contributed by atoms with Crippen molar-refractivity contribution in [2.45, 2.75) is 9.97 Å². The third-order valence-electron chi connectivity index (χ3n) is 2.83. The molecule has 0 spiro atoms. The van der Waals surface area contributed by atoms with Crippen molar-refractivity contribution in [2.24, 2.45) is 0 Å². The SMILES string of the molecule is COC(=O)C1CN1CC(I)c1ccccc1Br. The monoisotopic (exact) mass is 409 g/mol. The van der Waals surface area contributed by atoms with Gasteiger partial charge in [-0.25, -0.2) is 0 Å². The minimum absolute atomic E-state index is 0.0280. The zero-order valence-corrected chi connectivity index (χ0v) is 13.1. The molecule has 0 N–H and O–H groups in total. The van der Waals surface area contributed by atoms with Crippen molar-refractivity contribution >= 4 is 44.5 Å². The van der Waals surface area contributed by atoms with E-state index in [1.54, 1.807) is 0 Å². The lowest BCUT2D eigenvalue weighted by Crippen LogP contribution is -2.17. The zero-order valence-electron chi connectivity index (χ0n) is 9.40. The number of alkyl halides is 1. The van der Waals surface area contributed by atoms with Crippen LogP contribution in [0.5, 0.6) is 0 Å². The molecule has 17 heavy (non-hydrogen) atoms. The Kier molecular flexibility index (Phi) is 4.43. The second-order valence-electron chi connectivity index (χ2n) is 3.98. The smallest absolute Gasteiger partial charge is 0.324 e. The number of esters is 1. The normalized spacial score (nSPS) is 24.2. The standard InChI is InChI=1S/C12H13BrINO2/c1-17-12(16)11-7-15(11)6-10(14)8-4-2-3-5-9(8)13/h2-5,10-11H,6-7H2,1H3. The minimum atomic E-state index is -0.124. The Bertz CT molecular complexity index is 427. The molecule has 1 aromatic rings. The molecule has 2 rings (SSSR count). The van der Waals surface area contributed by atoms with E-state index in [9.17, 15) is 4.79 Å². The molecule has 92 valence electrons. The lowest BCUT2D eigenvalue weighted by Gasteiger charge is -2.13. The fourth-order valence-electron chi connectivity index (χ4n) is 1.77. The third-order valence-corrected chi connectivity index (χ3v) is 4.61. The van der Waals surface area contributed by atoms with Crippen molar-refractivity contribution in [1.29, 1.82) is 0 Å². The van der Waals surface area contributed by atoms with Crippen molar-refractivity contribution < 1.29 is 9.53 Å². The van der Waals surface area contributed by atoms with Gasteiger partial charge in [0.1, 0.15) is 6.04 Å². The Morgan fingerprint density at radius 1 is 1.65 bits per heavy atom. The largest absolute Gasteiger partial charge is 0.468 e. The van der Waals surface area contributed by atoms with E-state index in [-0.39, 0.29) is 12.0 Å². The van der Waals surface area contributed by atoms with Crippen LogP contribution in [-0.2, 0) is 9.53 Å². The quantitative estimate of drug-likeness (QED) is 0.331. The van der Waals surface area contributed by atoms with Gasteiger partial charge < -0.3 is 4.74 Å². The number of benzene rings is 1. The van der Waals surface area contributed by atoms with Gasteiger partial charge in [-0.05, 0) is 11.6 Å². The lowest BCUT2D eigenvalue weighted by molar-refractivity contribution is -0.140. The molecule has 1 aliphatic rings. The van der Waals surface area contributed by atoms with Gasteiger partial charge in [0, 0.05) is 21.5 Å². The minimum Gasteiger partial charge on any atom is -0.468 e. The van der Waals surface area contributed by atoms with Crippen LogP contribution in [0.25, 0.3) is 0 Å². The average Bonchev–Trinajstić information content (AvgIpc) is 3.07. The summed E-state index contributed by atoms with van der Waals surface area (Å²) in [6.07, 6.45) is 0. The number of methoxy groups -OCH3 is 1. The van der Waals surface area contributed by atoms with E-state index in [0.29, 0.717) is 3.92 Å². The van der Waals surface area contributed by atoms with E-state index in [2.05, 4.69) is 49.5 Å². The summed E-state index contributed by atoms with van der Waals surface area (Å²) in [6, 6.07) is 8.16. The second-order valence-corrected chi connectivity index (χ2v) is 6.34. The molecule has 0 amide bonds. The predicted octanol–water partition coefficient (Wildman–Crippen LogP) is 2.78. The summed E-state index contributed by atoms with van der Waals surface area (Å²) in [5.74, 6) is -0.124. The Morgan fingerprint density at radius 3 is 3.00 bits per heavy atom. The number of ether oxygens (including phenoxy) is 1. The molecular weight excluding hydrogens is 397 g/mol. The van der Waals surface area contributed by atoms with Crippen LogP contribution in [0.2, 0.25) is 0 Å². The van der Waals surface area contributed by atoms with E-state index in [1.807, 2.05) is 18.2 Å². The number of nitrogens with zero attached hydrogens (tertiary/aromatic N) is 1. The first-order valence-corrected chi connectivity index (χ1v) is 7.37. The molecule has 1 heterocycles. The summed E-state index contributed by atoms with van der Waals surface area (Å²) in [5, 5.41) is 0. The molecule has 0 aliphatic carbocycles. The highest BCUT2D eigenvalue weighted by molar-refractivity contribution is 14.1. The zero-order chi connectivity index (χ0) is 12.4. The molecule has 5 heteroatoms. The first-order chi connectivity index (χ1) is 8.13. The molecule has 3 nitrogen and oxygen atoms in total. The van der Waals surface area contributed by atoms with Crippen LogP contribution in [0.3, 0.4) is 0 Å². The fourth-order valence-corrected chi connectivity index (χ4v) is 3.81. The Morgan fingerprint density at radius 2 is 2.35 bits per heavy atom. The summed E-state index contributed by atoms with van der Waals surface area (Å²) < 4.78 is 6.22. The van der Waals surface area contributed by atoms with Gasteiger partial charge in [-0.1, -0.05) is 56.7 Å². The molecule has 1 aromatic carbocycles. The van der Waals surface area contributed by atoms with Crippen molar-refractivity contribution in [1.82, 2.24) is 4.90 Å². The van der Waals surface area contributed by atoms with Crippen LogP contribution in [0, 0.1) is 0 Å². The number of halogens is 2. The highest BCUT2D eigenvalue weighted by atomic mass is 127. The maximum atomic E-state index is 11.3. The van der Waals surface area contributed by atoms with Gasteiger partial charge in [-0.3, -0.25) is 9.69 Å². The van der Waals surface area contributed by atoms with Gasteiger partial charge >= 0.3 is 5.97 Å². The van der Waals surface area contributed by atoms with Crippen molar-refractivity contribution in [3.63, 3.8) is 0 Å². The molecule has 3 unspecified atom stereocenters. The number of carbonyl (C=O) groups is 1. The fraction of sp³-hybridized carbons (Fsp3) is 0.417. The van der Waals surface area contributed by atoms with E-state index >= 15 is 0 Å².